The lowest BCUT2D eigenvalue weighted by Gasteiger charge is -2.23. The van der Waals surface area contributed by atoms with E-state index in [1.807, 2.05) is 16.9 Å². The molecule has 0 bridgehead atoms. The predicted octanol–water partition coefficient (Wildman–Crippen LogP) is 4.06. The van der Waals surface area contributed by atoms with E-state index in [0.717, 1.165) is 35.9 Å². The molecule has 1 N–H and O–H groups in total. The van der Waals surface area contributed by atoms with Crippen LogP contribution >= 0.6 is 0 Å². The van der Waals surface area contributed by atoms with Gasteiger partial charge in [0.25, 0.3) is 0 Å². The van der Waals surface area contributed by atoms with E-state index in [9.17, 15) is 0 Å². The van der Waals surface area contributed by atoms with Crippen molar-refractivity contribution >= 4 is 5.82 Å². The van der Waals surface area contributed by atoms with Gasteiger partial charge in [0.15, 0.2) is 0 Å². The quantitative estimate of drug-likeness (QED) is 0.924. The second-order valence-electron chi connectivity index (χ2n) is 6.89. The van der Waals surface area contributed by atoms with E-state index < -0.39 is 0 Å². The van der Waals surface area contributed by atoms with Crippen molar-refractivity contribution in [2.45, 2.75) is 65.6 Å². The molecule has 0 unspecified atom stereocenters. The smallest absolute Gasteiger partial charge is 0.216 e. The fourth-order valence-corrected chi connectivity index (χ4v) is 2.94. The Kier molecular flexibility index (Phi) is 4.28. The third-order valence-corrected chi connectivity index (χ3v) is 4.05. The molecule has 3 heterocycles. The normalized spacial score (nSPS) is 17.3. The van der Waals surface area contributed by atoms with Gasteiger partial charge in [-0.2, -0.15) is 5.10 Å². The molecular formula is C18H26N4O. The lowest BCUT2D eigenvalue weighted by atomic mass is 9.99. The minimum atomic E-state index is 0.250. The number of anilines is 1. The summed E-state index contributed by atoms with van der Waals surface area (Å²) in [5, 5.41) is 8.11. The molecule has 5 nitrogen and oxygen atoms in total. The summed E-state index contributed by atoms with van der Waals surface area (Å²) < 4.78 is 8.08. The summed E-state index contributed by atoms with van der Waals surface area (Å²) in [6, 6.07) is 4.47. The third-order valence-electron chi connectivity index (χ3n) is 4.05. The lowest BCUT2D eigenvalue weighted by Crippen LogP contribution is -2.23. The van der Waals surface area contributed by atoms with Crippen LogP contribution in [0.2, 0.25) is 0 Å². The number of fused-ring (bicyclic) bond motifs is 1. The minimum absolute atomic E-state index is 0.250. The molecule has 2 aromatic rings. The first kappa shape index (κ1) is 15.8. The van der Waals surface area contributed by atoms with Gasteiger partial charge in [-0.1, -0.05) is 13.8 Å². The van der Waals surface area contributed by atoms with E-state index in [1.54, 1.807) is 0 Å². The maximum atomic E-state index is 6.07. The van der Waals surface area contributed by atoms with E-state index >= 15 is 0 Å². The van der Waals surface area contributed by atoms with Gasteiger partial charge in [0.2, 0.25) is 5.88 Å². The van der Waals surface area contributed by atoms with E-state index in [1.165, 1.54) is 5.56 Å². The van der Waals surface area contributed by atoms with Crippen LogP contribution in [-0.4, -0.2) is 26.9 Å². The molecule has 1 aliphatic rings. The number of hydrogen-bond donors (Lipinski definition) is 1. The Hall–Kier alpha value is -2.04. The molecule has 0 radical (unpaired) electrons. The second-order valence-corrected chi connectivity index (χ2v) is 6.89. The highest BCUT2D eigenvalue weighted by Crippen LogP contribution is 2.38. The SMILES string of the molecule is CC(C)Nc1ccc(-c2nn3c(c2C(C)C)O[C@H](C)CC3)cn1. The number of aromatic nitrogens is 3. The van der Waals surface area contributed by atoms with Gasteiger partial charge in [0.05, 0.1) is 6.10 Å². The molecule has 2 aromatic heterocycles. The molecule has 3 rings (SSSR count). The van der Waals surface area contributed by atoms with Crippen LogP contribution in [0.15, 0.2) is 18.3 Å². The Balaban J connectivity index is 1.99. The Morgan fingerprint density at radius 2 is 2.04 bits per heavy atom. The number of ether oxygens (including phenoxy) is 1. The molecule has 23 heavy (non-hydrogen) atoms. The van der Waals surface area contributed by atoms with Crippen LogP contribution in [0.25, 0.3) is 11.3 Å². The zero-order valence-electron chi connectivity index (χ0n) is 14.6. The van der Waals surface area contributed by atoms with Crippen molar-refractivity contribution in [3.05, 3.63) is 23.9 Å². The van der Waals surface area contributed by atoms with Gasteiger partial charge in [-0.05, 0) is 38.8 Å². The second kappa shape index (κ2) is 6.22. The topological polar surface area (TPSA) is 52.0 Å². The first-order valence-electron chi connectivity index (χ1n) is 8.46. The summed E-state index contributed by atoms with van der Waals surface area (Å²) in [6.07, 6.45) is 3.15. The van der Waals surface area contributed by atoms with Crippen molar-refractivity contribution < 1.29 is 4.74 Å². The van der Waals surface area contributed by atoms with Crippen molar-refractivity contribution in [1.29, 1.82) is 0 Å². The van der Waals surface area contributed by atoms with Crippen molar-refractivity contribution in [2.24, 2.45) is 0 Å². The molecular weight excluding hydrogens is 288 g/mol. The summed E-state index contributed by atoms with van der Waals surface area (Å²) in [6.45, 7) is 11.6. The minimum Gasteiger partial charge on any atom is -0.475 e. The summed E-state index contributed by atoms with van der Waals surface area (Å²) in [5.41, 5.74) is 3.22. The summed E-state index contributed by atoms with van der Waals surface area (Å²) >= 11 is 0. The summed E-state index contributed by atoms with van der Waals surface area (Å²) in [4.78, 5) is 4.52. The molecule has 0 amide bonds. The molecule has 1 aliphatic heterocycles. The molecule has 0 spiro atoms. The average Bonchev–Trinajstić information content (AvgIpc) is 2.86. The van der Waals surface area contributed by atoms with E-state index in [-0.39, 0.29) is 6.10 Å². The molecule has 0 saturated heterocycles. The zero-order chi connectivity index (χ0) is 16.6. The highest BCUT2D eigenvalue weighted by molar-refractivity contribution is 5.66. The molecule has 0 fully saturated rings. The maximum absolute atomic E-state index is 6.07. The Morgan fingerprint density at radius 1 is 1.26 bits per heavy atom. The summed E-state index contributed by atoms with van der Waals surface area (Å²) in [5.74, 6) is 2.18. The lowest BCUT2D eigenvalue weighted by molar-refractivity contribution is 0.147. The third kappa shape index (κ3) is 3.19. The number of pyridine rings is 1. The van der Waals surface area contributed by atoms with Gasteiger partial charge >= 0.3 is 0 Å². The highest BCUT2D eigenvalue weighted by atomic mass is 16.5. The van der Waals surface area contributed by atoms with Gasteiger partial charge in [-0.25, -0.2) is 9.67 Å². The Morgan fingerprint density at radius 3 is 2.65 bits per heavy atom. The van der Waals surface area contributed by atoms with Crippen molar-refractivity contribution in [2.75, 3.05) is 5.32 Å². The fourth-order valence-electron chi connectivity index (χ4n) is 2.94. The van der Waals surface area contributed by atoms with Crippen LogP contribution in [-0.2, 0) is 6.54 Å². The van der Waals surface area contributed by atoms with Gasteiger partial charge in [0.1, 0.15) is 11.5 Å². The molecule has 0 saturated carbocycles. The fraction of sp³-hybridized carbons (Fsp3) is 0.556. The average molecular weight is 314 g/mol. The number of aryl methyl sites for hydroxylation is 1. The maximum Gasteiger partial charge on any atom is 0.216 e. The molecule has 124 valence electrons. The molecule has 1 atom stereocenters. The molecule has 0 aromatic carbocycles. The van der Waals surface area contributed by atoms with E-state index in [0.29, 0.717) is 12.0 Å². The van der Waals surface area contributed by atoms with Crippen LogP contribution in [0.4, 0.5) is 5.82 Å². The summed E-state index contributed by atoms with van der Waals surface area (Å²) in [7, 11) is 0. The predicted molar refractivity (Wildman–Crippen MR) is 93.0 cm³/mol. The first-order valence-corrected chi connectivity index (χ1v) is 8.46. The monoisotopic (exact) mass is 314 g/mol. The number of nitrogens with zero attached hydrogens (tertiary/aromatic N) is 3. The van der Waals surface area contributed by atoms with E-state index in [4.69, 9.17) is 9.84 Å². The molecule has 5 heteroatoms. The molecule has 0 aliphatic carbocycles. The van der Waals surface area contributed by atoms with Crippen molar-refractivity contribution in [3.63, 3.8) is 0 Å². The van der Waals surface area contributed by atoms with Gasteiger partial charge in [-0.3, -0.25) is 0 Å². The number of hydrogen-bond acceptors (Lipinski definition) is 4. The van der Waals surface area contributed by atoms with Crippen molar-refractivity contribution in [3.8, 4) is 17.1 Å². The van der Waals surface area contributed by atoms with Crippen LogP contribution < -0.4 is 10.1 Å². The Labute approximate surface area is 138 Å². The van der Waals surface area contributed by atoms with Gasteiger partial charge in [0, 0.05) is 36.3 Å². The van der Waals surface area contributed by atoms with Crippen LogP contribution in [0, 0.1) is 0 Å². The largest absolute Gasteiger partial charge is 0.475 e. The highest BCUT2D eigenvalue weighted by Gasteiger charge is 2.27. The zero-order valence-corrected chi connectivity index (χ0v) is 14.6. The van der Waals surface area contributed by atoms with Crippen LogP contribution in [0.3, 0.4) is 0 Å². The van der Waals surface area contributed by atoms with Gasteiger partial charge < -0.3 is 10.1 Å². The van der Waals surface area contributed by atoms with Crippen molar-refractivity contribution in [1.82, 2.24) is 14.8 Å². The standard InChI is InChI=1S/C18H26N4O/c1-11(2)16-17(21-22-9-8-13(5)23-18(16)22)14-6-7-15(19-10-14)20-12(3)4/h6-7,10-13H,8-9H2,1-5H3,(H,19,20)/t13-/m1/s1. The number of rotatable bonds is 4. The Bertz CT molecular complexity index is 673. The van der Waals surface area contributed by atoms with E-state index in [2.05, 4.69) is 51.0 Å². The first-order chi connectivity index (χ1) is 11.0. The number of nitrogens with one attached hydrogen (secondary N) is 1. The van der Waals surface area contributed by atoms with Gasteiger partial charge in [-0.15, -0.1) is 0 Å². The van der Waals surface area contributed by atoms with Crippen LogP contribution in [0.5, 0.6) is 5.88 Å². The van der Waals surface area contributed by atoms with Crippen LogP contribution in [0.1, 0.15) is 52.5 Å².